The standard InChI is InChI=1S/C21H29N3O3/c1-3-27-21(26)24-19(20(25)23-17-10-6-4-8-14(17)2)12-15-13-22-18-11-7-5-9-16(15)18/h5,7,9,11,13-14,17,19,22H,3-4,6,8,10,12H2,1-2H3,(H,23,25)(H,24,26)/t14-,17+,19-/m1/s1. The van der Waals surface area contributed by atoms with E-state index < -0.39 is 12.1 Å². The molecular formula is C21H29N3O3. The van der Waals surface area contributed by atoms with Crippen LogP contribution < -0.4 is 10.6 Å². The maximum Gasteiger partial charge on any atom is 0.407 e. The lowest BCUT2D eigenvalue weighted by atomic mass is 9.85. The van der Waals surface area contributed by atoms with Crippen LogP contribution in [0, 0.1) is 5.92 Å². The van der Waals surface area contributed by atoms with Crippen molar-refractivity contribution in [1.82, 2.24) is 15.6 Å². The minimum Gasteiger partial charge on any atom is -0.450 e. The van der Waals surface area contributed by atoms with E-state index in [-0.39, 0.29) is 18.6 Å². The number of alkyl carbamates (subject to hydrolysis) is 1. The van der Waals surface area contributed by atoms with Gasteiger partial charge in [-0.25, -0.2) is 4.79 Å². The molecule has 0 saturated heterocycles. The fraction of sp³-hybridized carbons (Fsp3) is 0.524. The Kier molecular flexibility index (Phi) is 6.37. The molecule has 1 heterocycles. The van der Waals surface area contributed by atoms with Gasteiger partial charge >= 0.3 is 6.09 Å². The number of carbonyl (C=O) groups excluding carboxylic acids is 2. The van der Waals surface area contributed by atoms with Gasteiger partial charge in [-0.3, -0.25) is 4.79 Å². The molecule has 1 aliphatic carbocycles. The average Bonchev–Trinajstić information content (AvgIpc) is 3.06. The normalized spacial score (nSPS) is 20.8. The van der Waals surface area contributed by atoms with Crippen molar-refractivity contribution in [2.45, 2.75) is 58.0 Å². The first kappa shape index (κ1) is 19.3. The van der Waals surface area contributed by atoms with Crippen LogP contribution in [0.3, 0.4) is 0 Å². The van der Waals surface area contributed by atoms with Crippen molar-refractivity contribution >= 4 is 22.9 Å². The zero-order valence-corrected chi connectivity index (χ0v) is 16.1. The van der Waals surface area contributed by atoms with Gasteiger partial charge in [0.05, 0.1) is 6.61 Å². The van der Waals surface area contributed by atoms with E-state index in [9.17, 15) is 9.59 Å². The number of fused-ring (bicyclic) bond motifs is 1. The molecule has 6 heteroatoms. The lowest BCUT2D eigenvalue weighted by Gasteiger charge is -2.31. The van der Waals surface area contributed by atoms with Gasteiger partial charge in [-0.05, 0) is 37.3 Å². The van der Waals surface area contributed by atoms with Crippen LogP contribution in [0.2, 0.25) is 0 Å². The molecule has 6 nitrogen and oxygen atoms in total. The summed E-state index contributed by atoms with van der Waals surface area (Å²) in [5, 5.41) is 6.96. The summed E-state index contributed by atoms with van der Waals surface area (Å²) in [4.78, 5) is 28.2. The highest BCUT2D eigenvalue weighted by atomic mass is 16.5. The van der Waals surface area contributed by atoms with E-state index in [0.29, 0.717) is 12.3 Å². The Morgan fingerprint density at radius 1 is 1.26 bits per heavy atom. The minimum atomic E-state index is -0.669. The molecule has 0 unspecified atom stereocenters. The SMILES string of the molecule is CCOC(=O)N[C@H](Cc1c[nH]c2ccccc12)C(=O)N[C@H]1CCCC[C@H]1C. The Balaban J connectivity index is 1.75. The summed E-state index contributed by atoms with van der Waals surface area (Å²) in [6.45, 7) is 4.20. The van der Waals surface area contributed by atoms with Crippen molar-refractivity contribution in [2.24, 2.45) is 5.92 Å². The number of H-pyrrole nitrogens is 1. The fourth-order valence-electron chi connectivity index (χ4n) is 3.86. The van der Waals surface area contributed by atoms with Crippen LogP contribution in [0.4, 0.5) is 4.79 Å². The number of hydrogen-bond acceptors (Lipinski definition) is 3. The van der Waals surface area contributed by atoms with Crippen molar-refractivity contribution in [2.75, 3.05) is 6.61 Å². The third-order valence-electron chi connectivity index (χ3n) is 5.42. The zero-order chi connectivity index (χ0) is 19.2. The van der Waals surface area contributed by atoms with E-state index in [4.69, 9.17) is 4.74 Å². The molecule has 0 aliphatic heterocycles. The monoisotopic (exact) mass is 371 g/mol. The van der Waals surface area contributed by atoms with Gasteiger partial charge in [0.25, 0.3) is 0 Å². The van der Waals surface area contributed by atoms with Crippen LogP contribution >= 0.6 is 0 Å². The highest BCUT2D eigenvalue weighted by Crippen LogP contribution is 2.24. The number of rotatable bonds is 6. The molecule has 0 bridgehead atoms. The van der Waals surface area contributed by atoms with Gasteiger partial charge in [0.1, 0.15) is 6.04 Å². The highest BCUT2D eigenvalue weighted by molar-refractivity contribution is 5.88. The number of aromatic nitrogens is 1. The van der Waals surface area contributed by atoms with Gasteiger partial charge in [0.2, 0.25) is 5.91 Å². The zero-order valence-electron chi connectivity index (χ0n) is 16.1. The molecule has 1 aromatic heterocycles. The number of ether oxygens (including phenoxy) is 1. The summed E-state index contributed by atoms with van der Waals surface area (Å²) >= 11 is 0. The lowest BCUT2D eigenvalue weighted by molar-refractivity contribution is -0.124. The van der Waals surface area contributed by atoms with Crippen LogP contribution in [0.15, 0.2) is 30.5 Å². The highest BCUT2D eigenvalue weighted by Gasteiger charge is 2.28. The maximum absolute atomic E-state index is 13.0. The Morgan fingerprint density at radius 2 is 2.04 bits per heavy atom. The number of para-hydroxylation sites is 1. The third kappa shape index (κ3) is 4.81. The molecule has 27 heavy (non-hydrogen) atoms. The maximum atomic E-state index is 13.0. The molecule has 2 amide bonds. The number of amides is 2. The van der Waals surface area contributed by atoms with E-state index in [2.05, 4.69) is 22.5 Å². The quantitative estimate of drug-likeness (QED) is 0.726. The largest absolute Gasteiger partial charge is 0.450 e. The predicted octanol–water partition coefficient (Wildman–Crippen LogP) is 3.52. The van der Waals surface area contributed by atoms with Gasteiger partial charge in [-0.15, -0.1) is 0 Å². The minimum absolute atomic E-state index is 0.146. The first-order chi connectivity index (χ1) is 13.1. The second kappa shape index (κ2) is 8.93. The lowest BCUT2D eigenvalue weighted by Crippen LogP contribution is -2.52. The van der Waals surface area contributed by atoms with E-state index >= 15 is 0 Å². The van der Waals surface area contributed by atoms with Gasteiger partial charge in [0, 0.05) is 29.6 Å². The molecule has 3 N–H and O–H groups in total. The number of nitrogens with one attached hydrogen (secondary N) is 3. The molecule has 0 radical (unpaired) electrons. The van der Waals surface area contributed by atoms with Gasteiger partial charge < -0.3 is 20.4 Å². The van der Waals surface area contributed by atoms with E-state index in [1.165, 1.54) is 6.42 Å². The topological polar surface area (TPSA) is 83.2 Å². The summed E-state index contributed by atoms with van der Waals surface area (Å²) in [6.07, 6.45) is 6.22. The van der Waals surface area contributed by atoms with Crippen molar-refractivity contribution in [3.63, 3.8) is 0 Å². The van der Waals surface area contributed by atoms with Crippen molar-refractivity contribution in [3.05, 3.63) is 36.0 Å². The van der Waals surface area contributed by atoms with Gasteiger partial charge in [0.15, 0.2) is 0 Å². The van der Waals surface area contributed by atoms with Crippen LogP contribution in [0.5, 0.6) is 0 Å². The first-order valence-electron chi connectivity index (χ1n) is 9.87. The number of carbonyl (C=O) groups is 2. The van der Waals surface area contributed by atoms with Gasteiger partial charge in [-0.1, -0.05) is 38.0 Å². The van der Waals surface area contributed by atoms with Crippen LogP contribution in [-0.4, -0.2) is 35.7 Å². The smallest absolute Gasteiger partial charge is 0.407 e. The molecule has 3 atom stereocenters. The van der Waals surface area contributed by atoms with E-state index in [1.807, 2.05) is 30.5 Å². The summed E-state index contributed by atoms with van der Waals surface area (Å²) in [5.41, 5.74) is 2.02. The summed E-state index contributed by atoms with van der Waals surface area (Å²) in [6, 6.07) is 7.45. The summed E-state index contributed by atoms with van der Waals surface area (Å²) in [7, 11) is 0. The van der Waals surface area contributed by atoms with E-state index in [1.54, 1.807) is 6.92 Å². The fourth-order valence-corrected chi connectivity index (χ4v) is 3.86. The van der Waals surface area contributed by atoms with Crippen LogP contribution in [0.25, 0.3) is 10.9 Å². The number of hydrogen-bond donors (Lipinski definition) is 3. The average molecular weight is 371 g/mol. The summed E-state index contributed by atoms with van der Waals surface area (Å²) in [5.74, 6) is 0.311. The Bertz CT molecular complexity index is 786. The van der Waals surface area contributed by atoms with Crippen molar-refractivity contribution in [1.29, 1.82) is 0 Å². The second-order valence-corrected chi connectivity index (χ2v) is 7.36. The van der Waals surface area contributed by atoms with Crippen molar-refractivity contribution in [3.8, 4) is 0 Å². The molecule has 3 rings (SSSR count). The molecule has 0 spiro atoms. The number of benzene rings is 1. The third-order valence-corrected chi connectivity index (χ3v) is 5.42. The molecule has 1 aromatic carbocycles. The summed E-state index contributed by atoms with van der Waals surface area (Å²) < 4.78 is 5.00. The Hall–Kier alpha value is -2.50. The second-order valence-electron chi connectivity index (χ2n) is 7.36. The predicted molar refractivity (Wildman–Crippen MR) is 106 cm³/mol. The van der Waals surface area contributed by atoms with E-state index in [0.717, 1.165) is 35.7 Å². The Morgan fingerprint density at radius 3 is 2.81 bits per heavy atom. The molecule has 1 saturated carbocycles. The molecule has 1 aliphatic rings. The first-order valence-corrected chi connectivity index (χ1v) is 9.87. The van der Waals surface area contributed by atoms with Crippen LogP contribution in [0.1, 0.15) is 45.1 Å². The number of aromatic amines is 1. The van der Waals surface area contributed by atoms with Crippen LogP contribution in [-0.2, 0) is 16.0 Å². The van der Waals surface area contributed by atoms with Gasteiger partial charge in [-0.2, -0.15) is 0 Å². The molecule has 1 fully saturated rings. The molecular weight excluding hydrogens is 342 g/mol. The Labute approximate surface area is 160 Å². The molecule has 2 aromatic rings. The molecule has 146 valence electrons. The van der Waals surface area contributed by atoms with Crippen molar-refractivity contribution < 1.29 is 14.3 Å².